The lowest BCUT2D eigenvalue weighted by atomic mass is 9.78. The van der Waals surface area contributed by atoms with Crippen molar-refractivity contribution >= 4 is 11.7 Å². The number of fused-ring (bicyclic) bond motifs is 2. The molecule has 2 aliphatic rings. The topological polar surface area (TPSA) is 94.1 Å². The van der Waals surface area contributed by atoms with Gasteiger partial charge >= 0.3 is 0 Å². The van der Waals surface area contributed by atoms with E-state index in [2.05, 4.69) is 20.6 Å². The number of hydrogen-bond donors (Lipinski definition) is 1. The highest BCUT2D eigenvalue weighted by molar-refractivity contribution is 5.92. The number of carbonyl (C=O) groups excluding carboxylic acids is 1. The quantitative estimate of drug-likeness (QED) is 0.757. The van der Waals surface area contributed by atoms with Crippen molar-refractivity contribution in [3.8, 4) is 11.4 Å². The number of amides is 1. The summed E-state index contributed by atoms with van der Waals surface area (Å²) < 4.78 is 10.7. The molecule has 138 valence electrons. The van der Waals surface area contributed by atoms with Gasteiger partial charge in [-0.25, -0.2) is 0 Å². The van der Waals surface area contributed by atoms with Crippen molar-refractivity contribution < 1.29 is 13.8 Å². The average molecular weight is 364 g/mol. The zero-order valence-corrected chi connectivity index (χ0v) is 15.0. The fourth-order valence-corrected chi connectivity index (χ4v) is 4.73. The number of carbonyl (C=O) groups is 1. The zero-order chi connectivity index (χ0) is 18.4. The molecule has 4 atom stereocenters. The Morgan fingerprint density at radius 3 is 2.70 bits per heavy atom. The van der Waals surface area contributed by atoms with Gasteiger partial charge in [0.1, 0.15) is 5.76 Å². The molecule has 2 saturated carbocycles. The summed E-state index contributed by atoms with van der Waals surface area (Å²) in [6.45, 7) is 1.80. The molecular formula is C20H20N4O3. The molecule has 2 heterocycles. The Morgan fingerprint density at radius 2 is 1.93 bits per heavy atom. The van der Waals surface area contributed by atoms with Crippen LogP contribution in [0.2, 0.25) is 0 Å². The summed E-state index contributed by atoms with van der Waals surface area (Å²) in [5, 5.41) is 10.9. The molecular weight excluding hydrogens is 344 g/mol. The largest absolute Gasteiger partial charge is 0.360 e. The van der Waals surface area contributed by atoms with E-state index in [4.69, 9.17) is 9.05 Å². The second-order valence-corrected chi connectivity index (χ2v) is 7.52. The molecule has 3 aromatic rings. The Bertz CT molecular complexity index is 965. The molecule has 0 spiro atoms. The van der Waals surface area contributed by atoms with Crippen LogP contribution >= 0.6 is 0 Å². The van der Waals surface area contributed by atoms with Gasteiger partial charge in [-0.3, -0.25) is 4.79 Å². The number of anilines is 1. The third kappa shape index (κ3) is 2.83. The average Bonchev–Trinajstić information content (AvgIpc) is 3.46. The minimum Gasteiger partial charge on any atom is -0.360 e. The highest BCUT2D eigenvalue weighted by Gasteiger charge is 2.53. The molecule has 1 aromatic carbocycles. The van der Waals surface area contributed by atoms with E-state index in [0.717, 1.165) is 24.8 Å². The van der Waals surface area contributed by atoms with E-state index >= 15 is 0 Å². The van der Waals surface area contributed by atoms with Crippen molar-refractivity contribution in [2.75, 3.05) is 5.32 Å². The van der Waals surface area contributed by atoms with Gasteiger partial charge in [-0.1, -0.05) is 40.6 Å². The number of hydrogen-bond acceptors (Lipinski definition) is 6. The second kappa shape index (κ2) is 6.33. The first-order chi connectivity index (χ1) is 13.2. The summed E-state index contributed by atoms with van der Waals surface area (Å²) in [5.74, 6) is 2.76. The Hall–Kier alpha value is -2.96. The van der Waals surface area contributed by atoms with Crippen LogP contribution in [-0.2, 0) is 4.79 Å². The van der Waals surface area contributed by atoms with Gasteiger partial charge in [0, 0.05) is 11.6 Å². The fraction of sp³-hybridized carbons (Fsp3) is 0.400. The fourth-order valence-electron chi connectivity index (χ4n) is 4.73. The molecule has 1 amide bonds. The molecule has 2 aromatic heterocycles. The number of nitrogens with one attached hydrogen (secondary N) is 1. The summed E-state index contributed by atoms with van der Waals surface area (Å²) in [4.78, 5) is 17.6. The van der Waals surface area contributed by atoms with E-state index in [1.807, 2.05) is 30.3 Å². The minimum atomic E-state index is -0.176. The van der Waals surface area contributed by atoms with Gasteiger partial charge in [-0.15, -0.1) is 0 Å². The standard InChI is InChI=1S/C20H20N4O3/c1-11-9-15(23-26-11)21-19(25)16-13-7-8-14(10-13)17(16)20-22-18(24-27-20)12-5-3-2-4-6-12/h2-6,9,13-14,16-17H,7-8,10H2,1H3,(H,21,23,25)/t13-,14+,16-,17-/m0/s1. The van der Waals surface area contributed by atoms with Crippen molar-refractivity contribution in [1.29, 1.82) is 0 Å². The summed E-state index contributed by atoms with van der Waals surface area (Å²) in [7, 11) is 0. The summed E-state index contributed by atoms with van der Waals surface area (Å²) in [6.07, 6.45) is 3.20. The van der Waals surface area contributed by atoms with Gasteiger partial charge in [0.2, 0.25) is 17.6 Å². The first-order valence-corrected chi connectivity index (χ1v) is 9.32. The number of benzene rings is 1. The number of aromatic nitrogens is 3. The van der Waals surface area contributed by atoms with E-state index < -0.39 is 0 Å². The molecule has 2 fully saturated rings. The van der Waals surface area contributed by atoms with Crippen LogP contribution in [-0.4, -0.2) is 21.2 Å². The maximum Gasteiger partial charge on any atom is 0.231 e. The van der Waals surface area contributed by atoms with Gasteiger partial charge in [0.15, 0.2) is 5.82 Å². The first kappa shape index (κ1) is 16.2. The van der Waals surface area contributed by atoms with E-state index in [0.29, 0.717) is 35.1 Å². The van der Waals surface area contributed by atoms with Gasteiger partial charge in [-0.2, -0.15) is 4.98 Å². The highest BCUT2D eigenvalue weighted by Crippen LogP contribution is 2.56. The molecule has 27 heavy (non-hydrogen) atoms. The van der Waals surface area contributed by atoms with E-state index in [-0.39, 0.29) is 17.7 Å². The monoisotopic (exact) mass is 364 g/mol. The lowest BCUT2D eigenvalue weighted by molar-refractivity contribution is -0.122. The van der Waals surface area contributed by atoms with Crippen LogP contribution in [0.1, 0.15) is 36.8 Å². The smallest absolute Gasteiger partial charge is 0.231 e. The molecule has 0 radical (unpaired) electrons. The summed E-state index contributed by atoms with van der Waals surface area (Å²) in [6, 6.07) is 11.5. The van der Waals surface area contributed by atoms with Gasteiger partial charge < -0.3 is 14.4 Å². The SMILES string of the molecule is Cc1cc(NC(=O)[C@H]2[C@H]3CC[C@H](C3)[C@@H]2c2nc(-c3ccccc3)no2)no1. The van der Waals surface area contributed by atoms with Crippen LogP contribution in [0.4, 0.5) is 5.82 Å². The van der Waals surface area contributed by atoms with Gasteiger partial charge in [0.25, 0.3) is 0 Å². The Morgan fingerprint density at radius 1 is 1.11 bits per heavy atom. The molecule has 0 aliphatic heterocycles. The molecule has 2 bridgehead atoms. The van der Waals surface area contributed by atoms with E-state index in [1.165, 1.54) is 0 Å². The van der Waals surface area contributed by atoms with Crippen LogP contribution in [0.15, 0.2) is 45.4 Å². The molecule has 1 N–H and O–H groups in total. The van der Waals surface area contributed by atoms with Crippen molar-refractivity contribution in [3.05, 3.63) is 48.0 Å². The highest BCUT2D eigenvalue weighted by atomic mass is 16.5. The van der Waals surface area contributed by atoms with Crippen LogP contribution < -0.4 is 5.32 Å². The van der Waals surface area contributed by atoms with Crippen LogP contribution in [0.25, 0.3) is 11.4 Å². The third-order valence-electron chi connectivity index (χ3n) is 5.86. The van der Waals surface area contributed by atoms with Gasteiger partial charge in [0.05, 0.1) is 11.8 Å². The van der Waals surface area contributed by atoms with Crippen molar-refractivity contribution in [2.45, 2.75) is 32.1 Å². The predicted molar refractivity (Wildman–Crippen MR) is 96.7 cm³/mol. The molecule has 5 rings (SSSR count). The minimum absolute atomic E-state index is 0.0401. The van der Waals surface area contributed by atoms with E-state index in [1.54, 1.807) is 13.0 Å². The van der Waals surface area contributed by atoms with Crippen LogP contribution in [0.3, 0.4) is 0 Å². The zero-order valence-electron chi connectivity index (χ0n) is 15.0. The Labute approximate surface area is 156 Å². The Balaban J connectivity index is 1.42. The molecule has 2 aliphatic carbocycles. The molecule has 0 unspecified atom stereocenters. The van der Waals surface area contributed by atoms with Gasteiger partial charge in [-0.05, 0) is 38.0 Å². The summed E-state index contributed by atoms with van der Waals surface area (Å²) in [5.41, 5.74) is 0.912. The van der Waals surface area contributed by atoms with E-state index in [9.17, 15) is 4.79 Å². The Kier molecular flexibility index (Phi) is 3.81. The maximum atomic E-state index is 13.0. The van der Waals surface area contributed by atoms with Crippen molar-refractivity contribution in [2.24, 2.45) is 17.8 Å². The first-order valence-electron chi connectivity index (χ1n) is 9.32. The van der Waals surface area contributed by atoms with Crippen LogP contribution in [0, 0.1) is 24.7 Å². The lowest BCUT2D eigenvalue weighted by Crippen LogP contribution is -2.33. The molecule has 7 nitrogen and oxygen atoms in total. The second-order valence-electron chi connectivity index (χ2n) is 7.52. The molecule has 7 heteroatoms. The number of nitrogens with zero attached hydrogens (tertiary/aromatic N) is 3. The maximum absolute atomic E-state index is 13.0. The molecule has 0 saturated heterocycles. The predicted octanol–water partition coefficient (Wildman–Crippen LogP) is 3.80. The van der Waals surface area contributed by atoms with Crippen molar-refractivity contribution in [1.82, 2.24) is 15.3 Å². The number of rotatable bonds is 4. The van der Waals surface area contributed by atoms with Crippen LogP contribution in [0.5, 0.6) is 0 Å². The lowest BCUT2D eigenvalue weighted by Gasteiger charge is -2.27. The number of aryl methyl sites for hydroxylation is 1. The summed E-state index contributed by atoms with van der Waals surface area (Å²) >= 11 is 0. The van der Waals surface area contributed by atoms with Crippen molar-refractivity contribution in [3.63, 3.8) is 0 Å². The normalized spacial score (nSPS) is 26.4. The third-order valence-corrected chi connectivity index (χ3v) is 5.86.